The Labute approximate surface area is 120 Å². The summed E-state index contributed by atoms with van der Waals surface area (Å²) in [7, 11) is 0. The summed E-state index contributed by atoms with van der Waals surface area (Å²) < 4.78 is 1.82. The van der Waals surface area contributed by atoms with E-state index >= 15 is 0 Å². The molecule has 0 aromatic carbocycles. The van der Waals surface area contributed by atoms with E-state index < -0.39 is 12.0 Å². The number of carbonyl (C=O) groups is 2. The van der Waals surface area contributed by atoms with Crippen molar-refractivity contribution >= 4 is 23.2 Å². The number of carboxylic acids is 1. The monoisotopic (exact) mass is 292 g/mol. The third-order valence-corrected chi connectivity index (χ3v) is 3.84. The van der Waals surface area contributed by atoms with Gasteiger partial charge in [0, 0.05) is 11.1 Å². The molecule has 2 aromatic rings. The Morgan fingerprint density at radius 3 is 2.80 bits per heavy atom. The fourth-order valence-corrected chi connectivity index (χ4v) is 2.60. The number of aromatic nitrogens is 1. The van der Waals surface area contributed by atoms with Gasteiger partial charge >= 0.3 is 5.97 Å². The number of hydrogen-bond acceptors (Lipinski definition) is 3. The lowest BCUT2D eigenvalue weighted by molar-refractivity contribution is -0.139. The normalized spacial score (nSPS) is 12.1. The summed E-state index contributed by atoms with van der Waals surface area (Å²) in [6.45, 7) is 2.33. The molecule has 2 N–H and O–H groups in total. The van der Waals surface area contributed by atoms with Gasteiger partial charge in [-0.15, -0.1) is 11.3 Å². The highest BCUT2D eigenvalue weighted by atomic mass is 32.1. The van der Waals surface area contributed by atoms with Gasteiger partial charge in [-0.3, -0.25) is 4.79 Å². The first-order valence-corrected chi connectivity index (χ1v) is 7.21. The number of carbonyl (C=O) groups excluding carboxylic acids is 1. The fourth-order valence-electron chi connectivity index (χ4n) is 1.90. The summed E-state index contributed by atoms with van der Waals surface area (Å²) >= 11 is 1.62. The number of aliphatic carboxylic acids is 1. The fraction of sp³-hybridized carbons (Fsp3) is 0.286. The van der Waals surface area contributed by atoms with Crippen LogP contribution in [0, 0.1) is 0 Å². The molecule has 0 spiro atoms. The predicted molar refractivity (Wildman–Crippen MR) is 77.0 cm³/mol. The number of carboxylic acid groups (broad SMARTS) is 1. The Morgan fingerprint density at radius 1 is 1.40 bits per heavy atom. The standard InChI is InChI=1S/C14H16N2O3S/c1-2-11(14(18)19)15-13(17)12-6-3-7-16(12)9-10-5-4-8-20-10/h3-8,11H,2,9H2,1H3,(H,15,17)(H,18,19)/t11-/m0/s1. The van der Waals surface area contributed by atoms with E-state index in [-0.39, 0.29) is 5.91 Å². The molecule has 0 aliphatic heterocycles. The lowest BCUT2D eigenvalue weighted by atomic mass is 10.2. The van der Waals surface area contributed by atoms with Crippen molar-refractivity contribution in [3.63, 3.8) is 0 Å². The number of hydrogen-bond donors (Lipinski definition) is 2. The third kappa shape index (κ3) is 3.27. The molecular formula is C14H16N2O3S. The van der Waals surface area contributed by atoms with Crippen molar-refractivity contribution in [2.75, 3.05) is 0 Å². The first kappa shape index (κ1) is 14.3. The molecule has 0 radical (unpaired) electrons. The van der Waals surface area contributed by atoms with Crippen LogP contribution < -0.4 is 5.32 Å². The van der Waals surface area contributed by atoms with Crippen LogP contribution in [0.5, 0.6) is 0 Å². The average molecular weight is 292 g/mol. The molecule has 5 nitrogen and oxygen atoms in total. The molecule has 0 fully saturated rings. The van der Waals surface area contributed by atoms with Gasteiger partial charge in [-0.2, -0.15) is 0 Å². The predicted octanol–water partition coefficient (Wildman–Crippen LogP) is 2.19. The molecule has 1 atom stereocenters. The van der Waals surface area contributed by atoms with E-state index in [4.69, 9.17) is 5.11 Å². The van der Waals surface area contributed by atoms with Crippen LogP contribution in [0.4, 0.5) is 0 Å². The van der Waals surface area contributed by atoms with Gasteiger partial charge in [-0.25, -0.2) is 4.79 Å². The summed E-state index contributed by atoms with van der Waals surface area (Å²) in [5, 5.41) is 13.5. The zero-order valence-corrected chi connectivity index (χ0v) is 11.9. The average Bonchev–Trinajstić information content (AvgIpc) is 3.07. The van der Waals surface area contributed by atoms with Gasteiger partial charge in [-0.1, -0.05) is 13.0 Å². The van der Waals surface area contributed by atoms with Crippen molar-refractivity contribution in [2.45, 2.75) is 25.9 Å². The first-order chi connectivity index (χ1) is 9.61. The largest absolute Gasteiger partial charge is 0.480 e. The van der Waals surface area contributed by atoms with Crippen molar-refractivity contribution in [3.8, 4) is 0 Å². The zero-order chi connectivity index (χ0) is 14.5. The lowest BCUT2D eigenvalue weighted by Crippen LogP contribution is -2.40. The minimum atomic E-state index is -1.02. The van der Waals surface area contributed by atoms with Gasteiger partial charge in [0.1, 0.15) is 11.7 Å². The SMILES string of the molecule is CC[C@H](NC(=O)c1cccn1Cc1cccs1)C(=O)O. The van der Waals surface area contributed by atoms with Crippen LogP contribution in [0.1, 0.15) is 28.7 Å². The summed E-state index contributed by atoms with van der Waals surface area (Å²) in [5.41, 5.74) is 0.470. The summed E-state index contributed by atoms with van der Waals surface area (Å²) in [4.78, 5) is 24.2. The summed E-state index contributed by atoms with van der Waals surface area (Å²) in [6, 6.07) is 6.58. The number of thiophene rings is 1. The Bertz CT molecular complexity index is 589. The Balaban J connectivity index is 2.11. The van der Waals surface area contributed by atoms with Crippen molar-refractivity contribution in [1.29, 1.82) is 0 Å². The molecule has 20 heavy (non-hydrogen) atoms. The number of nitrogens with zero attached hydrogens (tertiary/aromatic N) is 1. The van der Waals surface area contributed by atoms with Crippen LogP contribution in [-0.4, -0.2) is 27.6 Å². The lowest BCUT2D eigenvalue weighted by Gasteiger charge is -2.13. The van der Waals surface area contributed by atoms with E-state index in [1.54, 1.807) is 30.4 Å². The van der Waals surface area contributed by atoms with Gasteiger partial charge in [0.15, 0.2) is 0 Å². The molecule has 2 heterocycles. The minimum absolute atomic E-state index is 0.354. The van der Waals surface area contributed by atoms with Crippen LogP contribution in [0.3, 0.4) is 0 Å². The van der Waals surface area contributed by atoms with Crippen LogP contribution in [0.15, 0.2) is 35.8 Å². The van der Waals surface area contributed by atoms with Gasteiger partial charge in [-0.05, 0) is 30.0 Å². The zero-order valence-electron chi connectivity index (χ0n) is 11.1. The van der Waals surface area contributed by atoms with E-state index in [0.717, 1.165) is 4.88 Å². The first-order valence-electron chi connectivity index (χ1n) is 6.33. The van der Waals surface area contributed by atoms with E-state index in [1.165, 1.54) is 0 Å². The van der Waals surface area contributed by atoms with Crippen LogP contribution >= 0.6 is 11.3 Å². The van der Waals surface area contributed by atoms with E-state index in [0.29, 0.717) is 18.7 Å². The highest BCUT2D eigenvalue weighted by Crippen LogP contribution is 2.13. The van der Waals surface area contributed by atoms with Crippen molar-refractivity contribution in [1.82, 2.24) is 9.88 Å². The number of nitrogens with one attached hydrogen (secondary N) is 1. The second-order valence-corrected chi connectivity index (χ2v) is 5.41. The smallest absolute Gasteiger partial charge is 0.326 e. The molecule has 2 aromatic heterocycles. The van der Waals surface area contributed by atoms with E-state index in [1.807, 2.05) is 28.3 Å². The van der Waals surface area contributed by atoms with Gasteiger partial charge in [0.2, 0.25) is 0 Å². The molecular weight excluding hydrogens is 276 g/mol. The molecule has 0 saturated carbocycles. The Hall–Kier alpha value is -2.08. The molecule has 0 unspecified atom stereocenters. The van der Waals surface area contributed by atoms with Gasteiger partial charge in [0.05, 0.1) is 6.54 Å². The molecule has 1 amide bonds. The van der Waals surface area contributed by atoms with Crippen LogP contribution in [0.2, 0.25) is 0 Å². The summed E-state index contributed by atoms with van der Waals surface area (Å²) in [6.07, 6.45) is 2.17. The maximum absolute atomic E-state index is 12.1. The Morgan fingerprint density at radius 2 is 2.20 bits per heavy atom. The molecule has 0 bridgehead atoms. The number of rotatable bonds is 6. The maximum atomic E-state index is 12.1. The second-order valence-electron chi connectivity index (χ2n) is 4.37. The van der Waals surface area contributed by atoms with Gasteiger partial charge in [0.25, 0.3) is 5.91 Å². The molecule has 0 aliphatic carbocycles. The third-order valence-electron chi connectivity index (χ3n) is 2.98. The molecule has 0 saturated heterocycles. The van der Waals surface area contributed by atoms with Crippen molar-refractivity contribution in [2.24, 2.45) is 0 Å². The molecule has 106 valence electrons. The van der Waals surface area contributed by atoms with Crippen LogP contribution in [0.25, 0.3) is 0 Å². The molecule has 2 rings (SSSR count). The molecule has 0 aliphatic rings. The van der Waals surface area contributed by atoms with Crippen LogP contribution in [-0.2, 0) is 11.3 Å². The van der Waals surface area contributed by atoms with E-state index in [2.05, 4.69) is 5.32 Å². The maximum Gasteiger partial charge on any atom is 0.326 e. The highest BCUT2D eigenvalue weighted by molar-refractivity contribution is 7.09. The Kier molecular flexibility index (Phi) is 4.57. The minimum Gasteiger partial charge on any atom is -0.480 e. The van der Waals surface area contributed by atoms with Crippen molar-refractivity contribution in [3.05, 3.63) is 46.4 Å². The quantitative estimate of drug-likeness (QED) is 0.857. The number of amides is 1. The second kappa shape index (κ2) is 6.38. The van der Waals surface area contributed by atoms with Gasteiger partial charge < -0.3 is 15.0 Å². The van der Waals surface area contributed by atoms with E-state index in [9.17, 15) is 9.59 Å². The highest BCUT2D eigenvalue weighted by Gasteiger charge is 2.20. The summed E-state index contributed by atoms with van der Waals surface area (Å²) in [5.74, 6) is -1.38. The topological polar surface area (TPSA) is 71.3 Å². The van der Waals surface area contributed by atoms with Crippen molar-refractivity contribution < 1.29 is 14.7 Å². The molecule has 6 heteroatoms.